The lowest BCUT2D eigenvalue weighted by molar-refractivity contribution is -0.106. The first-order valence-corrected chi connectivity index (χ1v) is 45.5. The summed E-state index contributed by atoms with van der Waals surface area (Å²) < 4.78 is 22.8. The molecule has 7 heteroatoms. The van der Waals surface area contributed by atoms with Crippen LogP contribution in [0.15, 0.2) is 334 Å². The van der Waals surface area contributed by atoms with E-state index in [0.717, 1.165) is 95.2 Å². The zero-order chi connectivity index (χ0) is 84.4. The molecule has 6 nitrogen and oxygen atoms in total. The van der Waals surface area contributed by atoms with Gasteiger partial charge in [0.1, 0.15) is 16.6 Å². The second-order valence-corrected chi connectivity index (χ2v) is 36.6. The summed E-state index contributed by atoms with van der Waals surface area (Å²) in [6.45, 7) is 18.1. The minimum absolute atomic E-state index is 0.418. The third kappa shape index (κ3) is 15.1. The summed E-state index contributed by atoms with van der Waals surface area (Å²) >= 11 is 1.31. The van der Waals surface area contributed by atoms with Gasteiger partial charge in [0.15, 0.2) is 0 Å². The van der Waals surface area contributed by atoms with E-state index in [-0.39, 0.29) is 0 Å². The molecule has 17 aromatic rings. The minimum Gasteiger partial charge on any atom is -0.380 e. The van der Waals surface area contributed by atoms with E-state index in [1.165, 1.54) is 223 Å². The molecular weight excluding hydrogens is 1540 g/mol. The number of benzene rings is 16. The van der Waals surface area contributed by atoms with Gasteiger partial charge in [-0.3, -0.25) is 0 Å². The van der Waals surface area contributed by atoms with Crippen molar-refractivity contribution in [3.63, 3.8) is 0 Å². The zero-order valence-corrected chi connectivity index (χ0v) is 73.3. The Hall–Kier alpha value is -13.1. The van der Waals surface area contributed by atoms with Crippen molar-refractivity contribution in [2.75, 3.05) is 29.6 Å². The van der Waals surface area contributed by atoms with Crippen LogP contribution in [0.4, 0.5) is 34.1 Å². The van der Waals surface area contributed by atoms with Crippen LogP contribution < -0.4 is 9.80 Å². The molecule has 0 amide bonds. The number of ether oxygens (including phenoxy) is 2. The first-order valence-electron chi connectivity index (χ1n) is 44.8. The van der Waals surface area contributed by atoms with Crippen LogP contribution in [-0.4, -0.2) is 28.6 Å². The first-order chi connectivity index (χ1) is 61.2. The van der Waals surface area contributed by atoms with Gasteiger partial charge >= 0.3 is 0 Å². The van der Waals surface area contributed by atoms with Gasteiger partial charge < -0.3 is 19.3 Å². The van der Waals surface area contributed by atoms with E-state index in [9.17, 15) is 0 Å². The van der Waals surface area contributed by atoms with Crippen molar-refractivity contribution in [1.82, 2.24) is 8.75 Å². The number of para-hydroxylation sites is 2. The van der Waals surface area contributed by atoms with E-state index in [4.69, 9.17) is 18.2 Å². The van der Waals surface area contributed by atoms with Crippen LogP contribution in [0, 0.1) is 47.0 Å². The first kappa shape index (κ1) is 79.1. The summed E-state index contributed by atoms with van der Waals surface area (Å²) in [5.41, 5.74) is 50.8. The third-order valence-corrected chi connectivity index (χ3v) is 27.6. The number of unbranched alkanes of at least 4 members (excludes halogenated alkanes) is 5. The lowest BCUT2D eigenvalue weighted by Crippen LogP contribution is -2.39. The van der Waals surface area contributed by atoms with Gasteiger partial charge in [0.2, 0.25) is 0 Å². The highest BCUT2D eigenvalue weighted by atomic mass is 32.1. The Morgan fingerprint density at radius 1 is 0.288 bits per heavy atom. The van der Waals surface area contributed by atoms with Crippen LogP contribution >= 0.6 is 11.7 Å². The largest absolute Gasteiger partial charge is 0.380 e. The van der Waals surface area contributed by atoms with Gasteiger partial charge in [0.25, 0.3) is 0 Å². The fourth-order valence-electron chi connectivity index (χ4n) is 20.5. The highest BCUT2D eigenvalue weighted by Crippen LogP contribution is 2.57. The average molecular weight is 1640 g/mol. The smallest absolute Gasteiger partial charge is 0.145 e. The molecule has 125 heavy (non-hydrogen) atoms. The second kappa shape index (κ2) is 33.2. The average Bonchev–Trinajstić information content (AvgIpc) is 1.54. The molecule has 1 atom stereocenters. The second-order valence-electron chi connectivity index (χ2n) is 36.1. The van der Waals surface area contributed by atoms with Crippen molar-refractivity contribution in [3.05, 3.63) is 417 Å². The van der Waals surface area contributed by atoms with E-state index in [1.807, 2.05) is 0 Å². The highest BCUT2D eigenvalue weighted by Gasteiger charge is 2.47. The number of nitrogens with zero attached hydrogens (tertiary/aromatic N) is 4. The number of aromatic nitrogens is 2. The molecule has 1 aliphatic heterocycles. The molecule has 1 fully saturated rings. The summed E-state index contributed by atoms with van der Waals surface area (Å²) in [5.74, 6) is 0. The number of aryl methyl sites for hydroxylation is 6. The maximum absolute atomic E-state index is 7.53. The Balaban J connectivity index is 0.000000160. The fraction of sp³-hybridized carbons (Fsp3) is 0.186. The lowest BCUT2D eigenvalue weighted by atomic mass is 9.80. The molecule has 1 unspecified atom stereocenters. The molecule has 1 aromatic heterocycles. The summed E-state index contributed by atoms with van der Waals surface area (Å²) in [5, 5.41) is 0. The van der Waals surface area contributed by atoms with Crippen LogP contribution in [0.3, 0.4) is 0 Å². The zero-order valence-electron chi connectivity index (χ0n) is 72.5. The highest BCUT2D eigenvalue weighted by molar-refractivity contribution is 7.00. The van der Waals surface area contributed by atoms with Crippen LogP contribution in [0.1, 0.15) is 135 Å². The molecule has 0 spiro atoms. The van der Waals surface area contributed by atoms with E-state index >= 15 is 0 Å². The quantitative estimate of drug-likeness (QED) is 0.0630. The Labute approximate surface area is 740 Å². The topological polar surface area (TPSA) is 50.7 Å². The van der Waals surface area contributed by atoms with Crippen molar-refractivity contribution in [2.45, 2.75) is 118 Å². The van der Waals surface area contributed by atoms with Crippen molar-refractivity contribution in [1.29, 1.82) is 0 Å². The standard InChI is InChI=1S/C67H62N2O2S.C51H40N2/c1-41-13-20-53-49(30-41)36-51-34-47(18-23-55(51)53)57-26-27-58(65-64(57)68-72-69-65)48-19-24-56-52(35-48)37-50-33-45(16-22-54(50)56)46-17-25-60-59-21-14-43(3)32-62(59)67(63(60)38-46,61-31-42(2)12-15-44(61)4)71-29-11-9-7-6-8-10-28-66(5)39-70-40-66;1-36-13-23-46(24-14-36)52(44-9-5-3-6-10-44)47-25-16-38(17-26-47)39-18-27-48(28-19-39)53(45-11-7-4-8-12-45)49-29-20-40(21-30-49)41-22-32-51-43(34-41)35-42-33-37(2)15-31-50(42)51/h12-27,30-35,38H,6-11,28-29,36-37,39-40H2,1-5H3;3-34H,35H2,1-2H3. The number of hydrogen-bond donors (Lipinski definition) is 0. The Morgan fingerprint density at radius 3 is 1.07 bits per heavy atom. The van der Waals surface area contributed by atoms with E-state index in [1.54, 1.807) is 0 Å². The van der Waals surface area contributed by atoms with Crippen LogP contribution in [0.25, 0.3) is 111 Å². The Kier molecular flexibility index (Phi) is 21.0. The molecule has 5 aliphatic rings. The maximum Gasteiger partial charge on any atom is 0.145 e. The van der Waals surface area contributed by atoms with Gasteiger partial charge in [-0.15, -0.1) is 0 Å². The van der Waals surface area contributed by atoms with E-state index in [0.29, 0.717) is 12.0 Å². The number of rotatable bonds is 22. The van der Waals surface area contributed by atoms with Crippen molar-refractivity contribution in [3.8, 4) is 100 Å². The van der Waals surface area contributed by atoms with Gasteiger partial charge in [0, 0.05) is 68.4 Å². The molecule has 16 aromatic carbocycles. The maximum atomic E-state index is 7.53. The predicted octanol–water partition coefficient (Wildman–Crippen LogP) is 31.3. The lowest BCUT2D eigenvalue weighted by Gasteiger charge is -2.38. The van der Waals surface area contributed by atoms with Crippen molar-refractivity contribution in [2.24, 2.45) is 5.41 Å². The molecule has 22 rings (SSSR count). The SMILES string of the molecule is Cc1ccc(N(c2ccccc2)c2ccc(-c3ccc(N(c4ccccc4)c4ccc(-c5ccc6c(c5)Cc5cc(C)ccc5-6)cc4)cc3)cc2)cc1.Cc1ccc2c(c1)Cc1cc(-c3ccc(-c4ccc5c(c4)Cc4cc(-c6ccc7c(c6)C(OCCCCCCCCC6(C)COC6)(c6cc(C)ccc6C)c6cc(C)ccc6-7)ccc4-5)c4nsnc34)ccc1-2. The molecule has 0 bridgehead atoms. The van der Waals surface area contributed by atoms with Crippen LogP contribution in [0.5, 0.6) is 0 Å². The summed E-state index contributed by atoms with van der Waals surface area (Å²) in [7, 11) is 0. The molecule has 612 valence electrons. The van der Waals surface area contributed by atoms with Gasteiger partial charge in [-0.25, -0.2) is 0 Å². The van der Waals surface area contributed by atoms with Crippen LogP contribution in [0.2, 0.25) is 0 Å². The van der Waals surface area contributed by atoms with Crippen molar-refractivity contribution >= 4 is 56.9 Å². The molecular formula is C118H102N4O2S. The van der Waals surface area contributed by atoms with Gasteiger partial charge in [-0.1, -0.05) is 322 Å². The Bertz CT molecular complexity index is 6960. The molecule has 0 saturated carbocycles. The molecule has 4 aliphatic carbocycles. The van der Waals surface area contributed by atoms with Gasteiger partial charge in [-0.05, 0) is 286 Å². The third-order valence-electron chi connectivity index (χ3n) is 27.1. The number of hydrogen-bond acceptors (Lipinski definition) is 7. The van der Waals surface area contributed by atoms with E-state index < -0.39 is 5.60 Å². The summed E-state index contributed by atoms with van der Waals surface area (Å²) in [4.78, 5) is 4.64. The van der Waals surface area contributed by atoms with Crippen molar-refractivity contribution < 1.29 is 9.47 Å². The minimum atomic E-state index is -0.712. The predicted molar refractivity (Wildman–Crippen MR) is 523 cm³/mol. The van der Waals surface area contributed by atoms with Gasteiger partial charge in [0.05, 0.1) is 24.9 Å². The number of anilines is 6. The number of fused-ring (bicyclic) bond motifs is 13. The fourth-order valence-corrected chi connectivity index (χ4v) is 21.0. The van der Waals surface area contributed by atoms with Crippen LogP contribution in [-0.2, 0) is 34.3 Å². The Morgan fingerprint density at radius 2 is 0.608 bits per heavy atom. The molecule has 1 saturated heterocycles. The molecule has 0 radical (unpaired) electrons. The van der Waals surface area contributed by atoms with E-state index in [2.05, 4.69) is 392 Å². The van der Waals surface area contributed by atoms with Gasteiger partial charge in [-0.2, -0.15) is 8.75 Å². The monoisotopic (exact) mass is 1640 g/mol. The molecule has 0 N–H and O–H groups in total. The molecule has 2 heterocycles. The summed E-state index contributed by atoms with van der Waals surface area (Å²) in [6.07, 6.45) is 11.5. The normalized spacial score (nSPS) is 14.4. The summed E-state index contributed by atoms with van der Waals surface area (Å²) in [6, 6.07) is 124.